The number of carboxylic acids is 1. The molecule has 0 bridgehead atoms. The van der Waals surface area contributed by atoms with Crippen LogP contribution in [0.15, 0.2) is 30.3 Å². The maximum Gasteiger partial charge on any atom is 0.307 e. The molecular weight excluding hydrogens is 545 g/mol. The molecule has 9 heteroatoms. The quantitative estimate of drug-likeness (QED) is 0.376. The van der Waals surface area contributed by atoms with Gasteiger partial charge in [-0.15, -0.1) is 0 Å². The lowest BCUT2D eigenvalue weighted by molar-refractivity contribution is -0.136. The monoisotopic (exact) mass is 587 g/mol. The molecule has 3 aliphatic heterocycles. The second kappa shape index (κ2) is 11.8. The van der Waals surface area contributed by atoms with Crippen LogP contribution in [0.5, 0.6) is 0 Å². The number of rotatable bonds is 6. The van der Waals surface area contributed by atoms with Crippen LogP contribution in [0.25, 0.3) is 11.1 Å². The van der Waals surface area contributed by atoms with Gasteiger partial charge in [-0.05, 0) is 55.2 Å². The molecule has 0 aliphatic carbocycles. The third kappa shape index (κ3) is 6.18. The Morgan fingerprint density at radius 3 is 2.40 bits per heavy atom. The number of benzene rings is 1. The molecule has 3 aliphatic rings. The Labute approximate surface area is 253 Å². The molecular formula is C34H42FN5O3. The van der Waals surface area contributed by atoms with Gasteiger partial charge in [0.1, 0.15) is 5.82 Å². The Bertz CT molecular complexity index is 1520. The molecule has 0 saturated carbocycles. The summed E-state index contributed by atoms with van der Waals surface area (Å²) in [5, 5.41) is 9.83. The average Bonchev–Trinajstić information content (AvgIpc) is 2.98. The van der Waals surface area contributed by atoms with Crippen LogP contribution in [0.3, 0.4) is 0 Å². The van der Waals surface area contributed by atoms with E-state index >= 15 is 0 Å². The minimum absolute atomic E-state index is 0.0473. The first-order valence-corrected chi connectivity index (χ1v) is 15.4. The van der Waals surface area contributed by atoms with Crippen molar-refractivity contribution in [2.45, 2.75) is 59.9 Å². The van der Waals surface area contributed by atoms with Crippen LogP contribution in [-0.4, -0.2) is 67.0 Å². The molecule has 1 N–H and O–H groups in total. The molecule has 3 aromatic rings. The van der Waals surface area contributed by atoms with Crippen LogP contribution in [0, 0.1) is 25.2 Å². The summed E-state index contributed by atoms with van der Waals surface area (Å²) in [5.41, 5.74) is 9.22. The van der Waals surface area contributed by atoms with Gasteiger partial charge in [-0.3, -0.25) is 9.78 Å². The molecule has 5 heterocycles. The lowest BCUT2D eigenvalue weighted by Gasteiger charge is -2.40. The smallest absolute Gasteiger partial charge is 0.307 e. The Morgan fingerprint density at radius 2 is 1.67 bits per heavy atom. The largest absolute Gasteiger partial charge is 0.481 e. The molecule has 2 fully saturated rings. The number of piperidine rings is 1. The Kier molecular flexibility index (Phi) is 8.02. The molecule has 0 radical (unpaired) electrons. The minimum Gasteiger partial charge on any atom is -0.481 e. The number of ether oxygens (including phenoxy) is 1. The molecule has 2 saturated heterocycles. The molecule has 0 unspecified atom stereocenters. The normalized spacial score (nSPS) is 18.5. The van der Waals surface area contributed by atoms with Crippen molar-refractivity contribution in [3.63, 3.8) is 0 Å². The molecule has 2 aromatic heterocycles. The van der Waals surface area contributed by atoms with E-state index in [0.717, 1.165) is 91.4 Å². The Hall–Kier alpha value is -3.72. The molecule has 43 heavy (non-hydrogen) atoms. The van der Waals surface area contributed by atoms with Crippen molar-refractivity contribution in [3.8, 4) is 11.1 Å². The Morgan fingerprint density at radius 1 is 0.930 bits per heavy atom. The van der Waals surface area contributed by atoms with Gasteiger partial charge in [0.15, 0.2) is 0 Å². The van der Waals surface area contributed by atoms with E-state index in [2.05, 4.69) is 51.7 Å². The van der Waals surface area contributed by atoms with Crippen molar-refractivity contribution in [2.75, 3.05) is 60.6 Å². The van der Waals surface area contributed by atoms with E-state index < -0.39 is 11.9 Å². The fraction of sp³-hybridized carbons (Fsp3) is 0.500. The Balaban J connectivity index is 1.33. The summed E-state index contributed by atoms with van der Waals surface area (Å²) in [7, 11) is 0. The average molecular weight is 588 g/mol. The number of halogens is 1. The third-order valence-electron chi connectivity index (χ3n) is 9.39. The predicted molar refractivity (Wildman–Crippen MR) is 168 cm³/mol. The summed E-state index contributed by atoms with van der Waals surface area (Å²) < 4.78 is 20.1. The number of aryl methyl sites for hydroxylation is 2. The van der Waals surface area contributed by atoms with Gasteiger partial charge in [-0.2, -0.15) is 4.39 Å². The number of fused-ring (bicyclic) bond motifs is 1. The van der Waals surface area contributed by atoms with Crippen molar-refractivity contribution in [2.24, 2.45) is 5.41 Å². The summed E-state index contributed by atoms with van der Waals surface area (Å²) >= 11 is 0. The first-order valence-electron chi connectivity index (χ1n) is 15.4. The highest BCUT2D eigenvalue weighted by Gasteiger charge is 2.31. The standard InChI is InChI=1S/C34H42FN5O3/c1-22-28(20-31(41)42)33(39-11-8-34(3,4)9-12-39)32(23(2)36-22)25-5-6-26-21-40(10-7-24(26)17-25)30-19-27(18-29(35)37-30)38-13-15-43-16-14-38/h5-6,17-19H,7-16,20-21H2,1-4H3,(H,41,42). The van der Waals surface area contributed by atoms with Gasteiger partial charge in [0.2, 0.25) is 5.95 Å². The fourth-order valence-electron chi connectivity index (χ4n) is 6.80. The third-order valence-corrected chi connectivity index (χ3v) is 9.39. The minimum atomic E-state index is -0.841. The zero-order chi connectivity index (χ0) is 30.3. The van der Waals surface area contributed by atoms with Gasteiger partial charge in [-0.25, -0.2) is 4.98 Å². The summed E-state index contributed by atoms with van der Waals surface area (Å²) in [6.07, 6.45) is 2.87. The van der Waals surface area contributed by atoms with Crippen molar-refractivity contribution in [1.29, 1.82) is 0 Å². The van der Waals surface area contributed by atoms with E-state index in [1.807, 2.05) is 19.9 Å². The lowest BCUT2D eigenvalue weighted by Crippen LogP contribution is -2.38. The van der Waals surface area contributed by atoms with Gasteiger partial charge in [0.05, 0.1) is 25.3 Å². The van der Waals surface area contributed by atoms with E-state index in [0.29, 0.717) is 25.6 Å². The summed E-state index contributed by atoms with van der Waals surface area (Å²) in [5.74, 6) is -0.650. The summed E-state index contributed by atoms with van der Waals surface area (Å²) in [4.78, 5) is 27.8. The first kappa shape index (κ1) is 29.4. The molecule has 8 nitrogen and oxygen atoms in total. The van der Waals surface area contributed by atoms with Crippen molar-refractivity contribution in [1.82, 2.24) is 9.97 Å². The van der Waals surface area contributed by atoms with Crippen LogP contribution in [0.2, 0.25) is 0 Å². The van der Waals surface area contributed by atoms with Gasteiger partial charge in [0.25, 0.3) is 0 Å². The van der Waals surface area contributed by atoms with Gasteiger partial charge in [-0.1, -0.05) is 32.0 Å². The number of carboxylic acid groups (broad SMARTS) is 1. The van der Waals surface area contributed by atoms with Crippen LogP contribution in [0.1, 0.15) is 54.8 Å². The number of pyridine rings is 2. The SMILES string of the molecule is Cc1nc(C)c(-c2ccc3c(c2)CCN(c2cc(N4CCOCC4)cc(F)n2)C3)c(N2CCC(C)(C)CC2)c1CC(=O)O. The second-order valence-electron chi connectivity index (χ2n) is 13.0. The van der Waals surface area contributed by atoms with E-state index in [1.165, 1.54) is 17.2 Å². The van der Waals surface area contributed by atoms with Gasteiger partial charge in [0, 0.05) is 79.6 Å². The maximum absolute atomic E-state index is 14.6. The number of hydrogen-bond acceptors (Lipinski definition) is 7. The highest BCUT2D eigenvalue weighted by atomic mass is 19.1. The van der Waals surface area contributed by atoms with Crippen LogP contribution >= 0.6 is 0 Å². The number of aliphatic carboxylic acids is 1. The zero-order valence-corrected chi connectivity index (χ0v) is 25.7. The molecule has 6 rings (SSSR count). The number of morpholine rings is 1. The molecule has 228 valence electrons. The molecule has 0 spiro atoms. The van der Waals surface area contributed by atoms with Crippen LogP contribution in [-0.2, 0) is 28.9 Å². The highest BCUT2D eigenvalue weighted by molar-refractivity contribution is 5.86. The van der Waals surface area contributed by atoms with E-state index in [4.69, 9.17) is 9.72 Å². The number of nitrogens with zero attached hydrogens (tertiary/aromatic N) is 5. The maximum atomic E-state index is 14.6. The van der Waals surface area contributed by atoms with Gasteiger partial charge < -0.3 is 24.5 Å². The van der Waals surface area contributed by atoms with E-state index in [9.17, 15) is 14.3 Å². The van der Waals surface area contributed by atoms with Gasteiger partial charge >= 0.3 is 5.97 Å². The van der Waals surface area contributed by atoms with Crippen molar-refractivity contribution >= 4 is 23.2 Å². The first-order chi connectivity index (χ1) is 20.6. The zero-order valence-electron chi connectivity index (χ0n) is 25.7. The fourth-order valence-corrected chi connectivity index (χ4v) is 6.80. The lowest BCUT2D eigenvalue weighted by atomic mass is 9.82. The summed E-state index contributed by atoms with van der Waals surface area (Å²) in [6.45, 7) is 14.5. The number of aromatic nitrogens is 2. The van der Waals surface area contributed by atoms with Crippen molar-refractivity contribution < 1.29 is 19.0 Å². The predicted octanol–water partition coefficient (Wildman–Crippen LogP) is 5.55. The van der Waals surface area contributed by atoms with Crippen molar-refractivity contribution in [3.05, 3.63) is 64.4 Å². The number of carbonyl (C=O) groups is 1. The topological polar surface area (TPSA) is 82.0 Å². The molecule has 1 aromatic carbocycles. The van der Waals surface area contributed by atoms with E-state index in [-0.39, 0.29) is 11.8 Å². The highest BCUT2D eigenvalue weighted by Crippen LogP contribution is 2.42. The van der Waals surface area contributed by atoms with E-state index in [1.54, 1.807) is 0 Å². The number of hydrogen-bond donors (Lipinski definition) is 1. The second-order valence-corrected chi connectivity index (χ2v) is 13.0. The van der Waals surface area contributed by atoms with Crippen LogP contribution in [0.4, 0.5) is 21.6 Å². The number of anilines is 3. The summed E-state index contributed by atoms with van der Waals surface area (Å²) in [6, 6.07) is 10.1. The molecule has 0 amide bonds. The van der Waals surface area contributed by atoms with Crippen LogP contribution < -0.4 is 14.7 Å². The molecule has 0 atom stereocenters.